The number of anilines is 1. The number of non-ortho nitro benzene ring substituents is 1. The third-order valence-corrected chi connectivity index (χ3v) is 3.65. The molecule has 0 fully saturated rings. The van der Waals surface area contributed by atoms with E-state index in [0.717, 1.165) is 5.56 Å². The number of hydrogen-bond donors (Lipinski definition) is 1. The molecule has 27 heavy (non-hydrogen) atoms. The van der Waals surface area contributed by atoms with Crippen LogP contribution >= 0.6 is 0 Å². The van der Waals surface area contributed by atoms with Crippen molar-refractivity contribution in [2.45, 2.75) is 27.4 Å². The van der Waals surface area contributed by atoms with Gasteiger partial charge in [-0.05, 0) is 37.1 Å². The molecule has 0 saturated carbocycles. The highest BCUT2D eigenvalue weighted by Crippen LogP contribution is 2.23. The van der Waals surface area contributed by atoms with Gasteiger partial charge in [0.2, 0.25) is 0 Å². The third kappa shape index (κ3) is 6.07. The smallest absolute Gasteiger partial charge is 0.271 e. The number of ether oxygens (including phenoxy) is 2. The van der Waals surface area contributed by atoms with Gasteiger partial charge in [0.05, 0.1) is 18.1 Å². The van der Waals surface area contributed by atoms with E-state index in [1.165, 1.54) is 18.2 Å². The van der Waals surface area contributed by atoms with Crippen molar-refractivity contribution in [3.63, 3.8) is 0 Å². The van der Waals surface area contributed by atoms with Crippen LogP contribution in [-0.4, -0.2) is 24.0 Å². The molecular formula is C20H24N2O5. The van der Waals surface area contributed by atoms with E-state index in [4.69, 9.17) is 9.47 Å². The van der Waals surface area contributed by atoms with Crippen molar-refractivity contribution in [2.24, 2.45) is 5.92 Å². The molecule has 0 atom stereocenters. The number of carbonyl (C=O) groups is 1. The van der Waals surface area contributed by atoms with E-state index < -0.39 is 4.92 Å². The van der Waals surface area contributed by atoms with Gasteiger partial charge in [-0.1, -0.05) is 19.9 Å². The number of nitrogens with zero attached hydrogens (tertiary/aromatic N) is 1. The van der Waals surface area contributed by atoms with Gasteiger partial charge in [0.1, 0.15) is 5.75 Å². The molecule has 0 spiro atoms. The van der Waals surface area contributed by atoms with Crippen LogP contribution in [0.4, 0.5) is 11.4 Å². The summed E-state index contributed by atoms with van der Waals surface area (Å²) in [5, 5.41) is 13.5. The monoisotopic (exact) mass is 372 g/mol. The summed E-state index contributed by atoms with van der Waals surface area (Å²) in [6, 6.07) is 10.9. The number of rotatable bonds is 9. The molecule has 0 radical (unpaired) electrons. The summed E-state index contributed by atoms with van der Waals surface area (Å²) in [7, 11) is 0. The molecule has 7 heteroatoms. The van der Waals surface area contributed by atoms with Gasteiger partial charge in [0, 0.05) is 35.6 Å². The topological polar surface area (TPSA) is 90.7 Å². The van der Waals surface area contributed by atoms with E-state index in [1.54, 1.807) is 24.3 Å². The molecule has 0 bridgehead atoms. The van der Waals surface area contributed by atoms with Gasteiger partial charge in [-0.15, -0.1) is 0 Å². The Labute approximate surface area is 158 Å². The van der Waals surface area contributed by atoms with Crippen molar-refractivity contribution in [1.82, 2.24) is 0 Å². The molecule has 0 unspecified atom stereocenters. The second kappa shape index (κ2) is 9.68. The van der Waals surface area contributed by atoms with Crippen LogP contribution in [0, 0.1) is 16.0 Å². The summed E-state index contributed by atoms with van der Waals surface area (Å²) in [5.41, 5.74) is 1.49. The van der Waals surface area contributed by atoms with Crippen molar-refractivity contribution in [2.75, 3.05) is 18.5 Å². The molecule has 1 amide bonds. The maximum Gasteiger partial charge on any atom is 0.271 e. The lowest BCUT2D eigenvalue weighted by molar-refractivity contribution is -0.384. The maximum atomic E-state index is 12.5. The van der Waals surface area contributed by atoms with Crippen molar-refractivity contribution < 1.29 is 19.2 Å². The first-order valence-corrected chi connectivity index (χ1v) is 8.80. The quantitative estimate of drug-likeness (QED) is 0.520. The summed E-state index contributed by atoms with van der Waals surface area (Å²) in [5.74, 6) is 0.720. The van der Waals surface area contributed by atoms with E-state index in [1.807, 2.05) is 6.92 Å². The lowest BCUT2D eigenvalue weighted by Crippen LogP contribution is -2.13. The Balaban J connectivity index is 2.17. The first-order chi connectivity index (χ1) is 12.9. The molecule has 2 rings (SSSR count). The first-order valence-electron chi connectivity index (χ1n) is 8.80. The van der Waals surface area contributed by atoms with Crippen LogP contribution in [-0.2, 0) is 11.3 Å². The van der Waals surface area contributed by atoms with Gasteiger partial charge < -0.3 is 14.8 Å². The average molecular weight is 372 g/mol. The fourth-order valence-corrected chi connectivity index (χ4v) is 2.43. The molecule has 144 valence electrons. The Hall–Kier alpha value is -2.93. The van der Waals surface area contributed by atoms with Crippen molar-refractivity contribution in [1.29, 1.82) is 0 Å². The zero-order chi connectivity index (χ0) is 19.8. The summed E-state index contributed by atoms with van der Waals surface area (Å²) in [6.07, 6.45) is 0. The van der Waals surface area contributed by atoms with Gasteiger partial charge in [0.15, 0.2) is 0 Å². The van der Waals surface area contributed by atoms with Crippen molar-refractivity contribution in [3.05, 3.63) is 63.7 Å². The van der Waals surface area contributed by atoms with E-state index in [9.17, 15) is 14.9 Å². The summed E-state index contributed by atoms with van der Waals surface area (Å²) >= 11 is 0. The molecule has 1 N–H and O–H groups in total. The normalized spacial score (nSPS) is 10.7. The molecule has 2 aromatic carbocycles. The minimum absolute atomic E-state index is 0.0812. The number of nitro groups is 1. The Kier molecular flexibility index (Phi) is 7.31. The van der Waals surface area contributed by atoms with E-state index in [-0.39, 0.29) is 11.6 Å². The van der Waals surface area contributed by atoms with Crippen LogP contribution in [0.25, 0.3) is 0 Å². The second-order valence-corrected chi connectivity index (χ2v) is 6.43. The molecule has 0 aliphatic carbocycles. The highest BCUT2D eigenvalue weighted by molar-refractivity contribution is 6.04. The van der Waals surface area contributed by atoms with E-state index in [2.05, 4.69) is 19.2 Å². The zero-order valence-corrected chi connectivity index (χ0v) is 15.7. The minimum atomic E-state index is -0.503. The molecule has 7 nitrogen and oxygen atoms in total. The maximum absolute atomic E-state index is 12.5. The van der Waals surface area contributed by atoms with Crippen LogP contribution in [0.1, 0.15) is 36.7 Å². The zero-order valence-electron chi connectivity index (χ0n) is 15.7. The fourth-order valence-electron chi connectivity index (χ4n) is 2.43. The van der Waals surface area contributed by atoms with Gasteiger partial charge in [-0.3, -0.25) is 14.9 Å². The van der Waals surface area contributed by atoms with Gasteiger partial charge >= 0.3 is 0 Å². The van der Waals surface area contributed by atoms with Crippen LogP contribution in [0.15, 0.2) is 42.5 Å². The number of nitrogens with one attached hydrogen (secondary N) is 1. The molecule has 0 saturated heterocycles. The predicted octanol–water partition coefficient (Wildman–Crippen LogP) is 4.42. The first kappa shape index (κ1) is 20.4. The molecule has 0 aliphatic heterocycles. The summed E-state index contributed by atoms with van der Waals surface area (Å²) in [6.45, 7) is 7.47. The lowest BCUT2D eigenvalue weighted by Gasteiger charge is -2.13. The predicted molar refractivity (Wildman–Crippen MR) is 103 cm³/mol. The standard InChI is InChI=1S/C20H24N2O5/c1-4-27-19-9-8-15(10-16(19)13-26-12-14(2)3)20(23)21-17-6-5-7-18(11-17)22(24)25/h5-11,14H,4,12-13H2,1-3H3,(H,21,23). The van der Waals surface area contributed by atoms with Gasteiger partial charge in [-0.25, -0.2) is 0 Å². The Morgan fingerprint density at radius 2 is 2.00 bits per heavy atom. The molecule has 2 aromatic rings. The largest absolute Gasteiger partial charge is 0.494 e. The molecule has 0 heterocycles. The fraction of sp³-hybridized carbons (Fsp3) is 0.350. The lowest BCUT2D eigenvalue weighted by atomic mass is 10.1. The Bertz CT molecular complexity index is 805. The summed E-state index contributed by atoms with van der Waals surface area (Å²) in [4.78, 5) is 22.9. The van der Waals surface area contributed by atoms with E-state index >= 15 is 0 Å². The van der Waals surface area contributed by atoms with Crippen LogP contribution in [0.3, 0.4) is 0 Å². The summed E-state index contributed by atoms with van der Waals surface area (Å²) < 4.78 is 11.3. The molecule has 0 aromatic heterocycles. The molecule has 0 aliphatic rings. The second-order valence-electron chi connectivity index (χ2n) is 6.43. The van der Waals surface area contributed by atoms with E-state index in [0.29, 0.717) is 42.7 Å². The molecular weight excluding hydrogens is 348 g/mol. The van der Waals surface area contributed by atoms with Gasteiger partial charge in [-0.2, -0.15) is 0 Å². The minimum Gasteiger partial charge on any atom is -0.494 e. The highest BCUT2D eigenvalue weighted by atomic mass is 16.6. The van der Waals surface area contributed by atoms with Crippen LogP contribution < -0.4 is 10.1 Å². The average Bonchev–Trinajstić information content (AvgIpc) is 2.63. The van der Waals surface area contributed by atoms with Crippen molar-refractivity contribution in [3.8, 4) is 5.75 Å². The Morgan fingerprint density at radius 1 is 1.22 bits per heavy atom. The number of carbonyl (C=O) groups excluding carboxylic acids is 1. The number of amides is 1. The SMILES string of the molecule is CCOc1ccc(C(=O)Nc2cccc([N+](=O)[O-])c2)cc1COCC(C)C. The number of nitro benzene ring substituents is 1. The van der Waals surface area contributed by atoms with Crippen LogP contribution in [0.2, 0.25) is 0 Å². The number of hydrogen-bond acceptors (Lipinski definition) is 5. The number of benzene rings is 2. The third-order valence-electron chi connectivity index (χ3n) is 3.65. The highest BCUT2D eigenvalue weighted by Gasteiger charge is 2.13. The van der Waals surface area contributed by atoms with Crippen molar-refractivity contribution >= 4 is 17.3 Å². The van der Waals surface area contributed by atoms with Gasteiger partial charge in [0.25, 0.3) is 11.6 Å². The van der Waals surface area contributed by atoms with Crippen LogP contribution in [0.5, 0.6) is 5.75 Å². The Morgan fingerprint density at radius 3 is 2.67 bits per heavy atom.